The number of rotatable bonds is 5. The molecular weight excluding hydrogens is 272 g/mol. The van der Waals surface area contributed by atoms with Gasteiger partial charge in [0, 0.05) is 18.6 Å². The third-order valence-electron chi connectivity index (χ3n) is 2.04. The molecule has 1 aromatic rings. The Balaban J connectivity index is 2.68. The fraction of sp³-hybridized carbons (Fsp3) is 0.385. The van der Waals surface area contributed by atoms with Crippen LogP contribution in [0.4, 0.5) is 0 Å². The van der Waals surface area contributed by atoms with Crippen molar-refractivity contribution in [1.29, 1.82) is 0 Å². The van der Waals surface area contributed by atoms with Gasteiger partial charge in [-0.15, -0.1) is 11.6 Å². The highest BCUT2D eigenvalue weighted by Gasteiger charge is 2.04. The summed E-state index contributed by atoms with van der Waals surface area (Å²) < 4.78 is 27.4. The third-order valence-corrected chi connectivity index (χ3v) is 3.14. The van der Waals surface area contributed by atoms with Gasteiger partial charge in [-0.1, -0.05) is 24.0 Å². The predicted molar refractivity (Wildman–Crippen MR) is 73.9 cm³/mol. The van der Waals surface area contributed by atoms with Gasteiger partial charge in [-0.2, -0.15) is 0 Å². The number of ether oxygens (including phenoxy) is 1. The number of benzene rings is 1. The molecular formula is C13H15ClO3S. The van der Waals surface area contributed by atoms with Crippen LogP contribution in [0.25, 0.3) is 0 Å². The summed E-state index contributed by atoms with van der Waals surface area (Å²) in [6.45, 7) is 0.132. The first-order valence-electron chi connectivity index (χ1n) is 5.47. The van der Waals surface area contributed by atoms with E-state index in [1.54, 1.807) is 6.07 Å². The highest BCUT2D eigenvalue weighted by Crippen LogP contribution is 2.16. The van der Waals surface area contributed by atoms with Gasteiger partial charge >= 0.3 is 0 Å². The van der Waals surface area contributed by atoms with Crippen LogP contribution in [0.3, 0.4) is 0 Å². The molecule has 1 aromatic carbocycles. The minimum Gasteiger partial charge on any atom is -0.491 e. The first-order chi connectivity index (χ1) is 8.53. The van der Waals surface area contributed by atoms with Crippen LogP contribution in [0.1, 0.15) is 12.0 Å². The largest absolute Gasteiger partial charge is 0.491 e. The molecule has 3 nitrogen and oxygen atoms in total. The summed E-state index contributed by atoms with van der Waals surface area (Å²) in [4.78, 5) is 0. The molecule has 18 heavy (non-hydrogen) atoms. The van der Waals surface area contributed by atoms with Crippen LogP contribution in [0.15, 0.2) is 24.3 Å². The van der Waals surface area contributed by atoms with Crippen molar-refractivity contribution < 1.29 is 13.2 Å². The first-order valence-corrected chi connectivity index (χ1v) is 8.07. The average Bonchev–Trinajstić information content (AvgIpc) is 2.30. The van der Waals surface area contributed by atoms with Crippen LogP contribution < -0.4 is 4.74 Å². The Morgan fingerprint density at radius 3 is 2.72 bits per heavy atom. The lowest BCUT2D eigenvalue weighted by Gasteiger charge is -2.07. The molecule has 0 aliphatic rings. The van der Waals surface area contributed by atoms with Crippen molar-refractivity contribution >= 4 is 21.4 Å². The topological polar surface area (TPSA) is 43.4 Å². The van der Waals surface area contributed by atoms with Crippen molar-refractivity contribution in [2.75, 3.05) is 24.5 Å². The van der Waals surface area contributed by atoms with E-state index in [2.05, 4.69) is 11.8 Å². The number of para-hydroxylation sites is 1. The number of alkyl halides is 1. The van der Waals surface area contributed by atoms with E-state index in [1.807, 2.05) is 18.2 Å². The van der Waals surface area contributed by atoms with Crippen LogP contribution in [-0.2, 0) is 9.84 Å². The second-order valence-corrected chi connectivity index (χ2v) is 6.35. The maximum atomic E-state index is 11.0. The Kier molecular flexibility index (Phi) is 6.03. The molecule has 0 heterocycles. The fourth-order valence-corrected chi connectivity index (χ4v) is 1.68. The van der Waals surface area contributed by atoms with E-state index in [9.17, 15) is 8.42 Å². The maximum Gasteiger partial charge on any atom is 0.150 e. The molecule has 0 atom stereocenters. The van der Waals surface area contributed by atoms with E-state index >= 15 is 0 Å². The van der Waals surface area contributed by atoms with Crippen molar-refractivity contribution in [3.05, 3.63) is 29.8 Å². The summed E-state index contributed by atoms with van der Waals surface area (Å²) >= 11 is 5.54. The summed E-state index contributed by atoms with van der Waals surface area (Å²) in [5.41, 5.74) is 0.746. The fourth-order valence-electron chi connectivity index (χ4n) is 1.20. The molecule has 0 radical (unpaired) electrons. The van der Waals surface area contributed by atoms with Crippen LogP contribution in [0.2, 0.25) is 0 Å². The zero-order valence-corrected chi connectivity index (χ0v) is 11.7. The molecule has 0 saturated heterocycles. The van der Waals surface area contributed by atoms with Crippen LogP contribution in [0.5, 0.6) is 5.75 Å². The molecule has 0 amide bonds. The molecule has 0 aliphatic carbocycles. The maximum absolute atomic E-state index is 11.0. The molecule has 0 bridgehead atoms. The first kappa shape index (κ1) is 14.9. The molecule has 0 N–H and O–H groups in total. The van der Waals surface area contributed by atoms with E-state index in [1.165, 1.54) is 6.26 Å². The van der Waals surface area contributed by atoms with Crippen molar-refractivity contribution in [3.8, 4) is 17.6 Å². The van der Waals surface area contributed by atoms with Gasteiger partial charge in [0.25, 0.3) is 0 Å². The third kappa shape index (κ3) is 5.95. The zero-order valence-electron chi connectivity index (χ0n) is 10.1. The monoisotopic (exact) mass is 286 g/mol. The summed E-state index contributed by atoms with van der Waals surface area (Å²) in [5, 5.41) is 0. The Labute approximate surface area is 113 Å². The van der Waals surface area contributed by atoms with Gasteiger partial charge in [0.1, 0.15) is 12.4 Å². The van der Waals surface area contributed by atoms with Crippen molar-refractivity contribution in [2.24, 2.45) is 0 Å². The van der Waals surface area contributed by atoms with Crippen molar-refractivity contribution in [2.45, 2.75) is 6.42 Å². The van der Waals surface area contributed by atoms with E-state index in [4.69, 9.17) is 16.3 Å². The van der Waals surface area contributed by atoms with Gasteiger partial charge in [0.05, 0.1) is 11.3 Å². The molecule has 0 spiro atoms. The highest BCUT2D eigenvalue weighted by atomic mass is 35.5. The van der Waals surface area contributed by atoms with Gasteiger partial charge in [-0.3, -0.25) is 0 Å². The normalized spacial score (nSPS) is 10.6. The lowest BCUT2D eigenvalue weighted by Crippen LogP contribution is -2.12. The molecule has 1 rings (SSSR count). The Hall–Kier alpha value is -1.18. The van der Waals surface area contributed by atoms with Gasteiger partial charge < -0.3 is 4.74 Å². The minimum absolute atomic E-state index is 0.00353. The Bertz CT molecular complexity index is 541. The zero-order chi connectivity index (χ0) is 13.4. The van der Waals surface area contributed by atoms with E-state index in [-0.39, 0.29) is 12.4 Å². The quantitative estimate of drug-likeness (QED) is 0.615. The average molecular weight is 287 g/mol. The van der Waals surface area contributed by atoms with Gasteiger partial charge in [0.15, 0.2) is 9.84 Å². The molecule has 0 saturated carbocycles. The number of hydrogen-bond donors (Lipinski definition) is 0. The summed E-state index contributed by atoms with van der Waals surface area (Å²) in [5.74, 6) is 6.96. The Morgan fingerprint density at radius 1 is 1.33 bits per heavy atom. The minimum atomic E-state index is -3.01. The summed E-state index contributed by atoms with van der Waals surface area (Å²) in [6.07, 6.45) is 1.79. The highest BCUT2D eigenvalue weighted by molar-refractivity contribution is 7.90. The SMILES string of the molecule is CS(=O)(=O)CCOc1ccccc1C#CCCCl. The lowest BCUT2D eigenvalue weighted by molar-refractivity contribution is 0.340. The number of halogens is 1. The number of hydrogen-bond acceptors (Lipinski definition) is 3. The second kappa shape index (κ2) is 7.30. The van der Waals surface area contributed by atoms with Crippen molar-refractivity contribution in [3.63, 3.8) is 0 Å². The number of sulfone groups is 1. The molecule has 98 valence electrons. The van der Waals surface area contributed by atoms with Crippen molar-refractivity contribution in [1.82, 2.24) is 0 Å². The predicted octanol–water partition coefficient (Wildman–Crippen LogP) is 2.09. The van der Waals surface area contributed by atoms with Gasteiger partial charge in [0.2, 0.25) is 0 Å². The smallest absolute Gasteiger partial charge is 0.150 e. The van der Waals surface area contributed by atoms with Crippen LogP contribution in [0, 0.1) is 11.8 Å². The van der Waals surface area contributed by atoms with E-state index in [0.717, 1.165) is 5.56 Å². The van der Waals surface area contributed by atoms with Gasteiger partial charge in [-0.05, 0) is 12.1 Å². The van der Waals surface area contributed by atoms with Gasteiger partial charge in [-0.25, -0.2) is 8.42 Å². The summed E-state index contributed by atoms with van der Waals surface area (Å²) in [6, 6.07) is 7.28. The van der Waals surface area contributed by atoms with Crippen LogP contribution in [-0.4, -0.2) is 32.9 Å². The Morgan fingerprint density at radius 2 is 2.06 bits per heavy atom. The summed E-state index contributed by atoms with van der Waals surface area (Å²) in [7, 11) is -3.01. The molecule has 0 unspecified atom stereocenters. The second-order valence-electron chi connectivity index (χ2n) is 3.72. The molecule has 0 aliphatic heterocycles. The van der Waals surface area contributed by atoms with E-state index < -0.39 is 9.84 Å². The standard InChI is InChI=1S/C13H15ClO3S/c1-18(15,16)11-10-17-13-8-3-2-6-12(13)7-4-5-9-14/h2-3,6,8H,5,9-11H2,1H3. The molecule has 5 heteroatoms. The molecule has 0 aromatic heterocycles. The van der Waals surface area contributed by atoms with E-state index in [0.29, 0.717) is 18.1 Å². The molecule has 0 fully saturated rings. The van der Waals surface area contributed by atoms with Crippen LogP contribution >= 0.6 is 11.6 Å². The lowest BCUT2D eigenvalue weighted by atomic mass is 10.2.